The lowest BCUT2D eigenvalue weighted by molar-refractivity contribution is 0.102. The number of para-hydroxylation sites is 2. The highest BCUT2D eigenvalue weighted by molar-refractivity contribution is 6.05. The van der Waals surface area contributed by atoms with Crippen molar-refractivity contribution in [1.82, 2.24) is 4.98 Å². The number of carbonyl (C=O) groups excluding carboxylic acids is 2. The minimum Gasteiger partial charge on any atom is -0.321 e. The summed E-state index contributed by atoms with van der Waals surface area (Å²) in [6.07, 6.45) is 0. The molecule has 0 spiro atoms. The molecule has 4 rings (SSSR count). The second-order valence-corrected chi connectivity index (χ2v) is 6.37. The van der Waals surface area contributed by atoms with E-state index in [4.69, 9.17) is 0 Å². The fraction of sp³-hybridized carbons (Fsp3) is 0. The van der Waals surface area contributed by atoms with Crippen LogP contribution in [0.25, 0.3) is 10.9 Å². The normalized spacial score (nSPS) is 10.3. The van der Waals surface area contributed by atoms with Crippen LogP contribution in [-0.2, 0) is 0 Å². The van der Waals surface area contributed by atoms with Gasteiger partial charge in [-0.2, -0.15) is 0 Å². The molecular weight excluding hydrogens is 364 g/mol. The minimum absolute atomic E-state index is 0.318. The third kappa shape index (κ3) is 4.56. The molecular formula is C23H18N4O2. The van der Waals surface area contributed by atoms with Gasteiger partial charge in [0, 0.05) is 22.4 Å². The number of anilines is 3. The van der Waals surface area contributed by atoms with E-state index in [9.17, 15) is 9.59 Å². The second-order valence-electron chi connectivity index (χ2n) is 6.37. The van der Waals surface area contributed by atoms with Crippen LogP contribution in [0, 0.1) is 0 Å². The molecule has 0 radical (unpaired) electrons. The Morgan fingerprint density at radius 3 is 2.10 bits per heavy atom. The van der Waals surface area contributed by atoms with Gasteiger partial charge in [-0.3, -0.25) is 4.79 Å². The molecule has 0 atom stereocenters. The van der Waals surface area contributed by atoms with E-state index in [1.54, 1.807) is 42.5 Å². The number of nitrogens with zero attached hydrogens (tertiary/aromatic N) is 1. The molecule has 1 aromatic heterocycles. The highest BCUT2D eigenvalue weighted by Crippen LogP contribution is 2.18. The van der Waals surface area contributed by atoms with Gasteiger partial charge in [0.05, 0.1) is 5.52 Å². The van der Waals surface area contributed by atoms with Gasteiger partial charge in [-0.1, -0.05) is 48.5 Å². The standard InChI is InChI=1S/C23H18N4O2/c28-22(21-14-13-16-7-4-5-12-20(16)27-21)24-18-10-6-11-19(15-18)26-23(29)25-17-8-2-1-3-9-17/h1-15H,(H,24,28)(H2,25,26,29). The Labute approximate surface area is 167 Å². The van der Waals surface area contributed by atoms with Crippen LogP contribution in [0.4, 0.5) is 21.9 Å². The van der Waals surface area contributed by atoms with Gasteiger partial charge in [0.1, 0.15) is 5.69 Å². The van der Waals surface area contributed by atoms with Gasteiger partial charge in [-0.05, 0) is 42.5 Å². The third-order valence-corrected chi connectivity index (χ3v) is 4.24. The Kier molecular flexibility index (Phi) is 5.16. The molecule has 142 valence electrons. The van der Waals surface area contributed by atoms with Crippen molar-refractivity contribution in [1.29, 1.82) is 0 Å². The van der Waals surface area contributed by atoms with E-state index < -0.39 is 0 Å². The lowest BCUT2D eigenvalue weighted by Gasteiger charge is -2.10. The summed E-state index contributed by atoms with van der Waals surface area (Å²) < 4.78 is 0. The average Bonchev–Trinajstić information content (AvgIpc) is 2.74. The highest BCUT2D eigenvalue weighted by Gasteiger charge is 2.10. The van der Waals surface area contributed by atoms with Crippen molar-refractivity contribution in [3.05, 3.63) is 96.7 Å². The van der Waals surface area contributed by atoms with Gasteiger partial charge < -0.3 is 16.0 Å². The monoisotopic (exact) mass is 382 g/mol. The van der Waals surface area contributed by atoms with Crippen LogP contribution < -0.4 is 16.0 Å². The largest absolute Gasteiger partial charge is 0.323 e. The predicted octanol–water partition coefficient (Wildman–Crippen LogP) is 5.13. The lowest BCUT2D eigenvalue weighted by Crippen LogP contribution is -2.19. The SMILES string of the molecule is O=C(Nc1ccccc1)Nc1cccc(NC(=O)c2ccc3ccccc3n2)c1. The molecule has 0 aliphatic heterocycles. The summed E-state index contributed by atoms with van der Waals surface area (Å²) in [4.78, 5) is 29.1. The van der Waals surface area contributed by atoms with Gasteiger partial charge in [0.25, 0.3) is 5.91 Å². The summed E-state index contributed by atoms with van der Waals surface area (Å²) >= 11 is 0. The number of rotatable bonds is 4. The van der Waals surface area contributed by atoms with E-state index in [0.29, 0.717) is 22.8 Å². The van der Waals surface area contributed by atoms with Crippen LogP contribution in [-0.4, -0.2) is 16.9 Å². The van der Waals surface area contributed by atoms with E-state index in [2.05, 4.69) is 20.9 Å². The summed E-state index contributed by atoms with van der Waals surface area (Å²) in [6, 6.07) is 26.9. The first-order valence-corrected chi connectivity index (χ1v) is 9.08. The van der Waals surface area contributed by atoms with E-state index >= 15 is 0 Å². The maximum atomic E-state index is 12.6. The Hall–Kier alpha value is -4.19. The first-order valence-electron chi connectivity index (χ1n) is 9.08. The summed E-state index contributed by atoms with van der Waals surface area (Å²) in [5.74, 6) is -0.318. The van der Waals surface area contributed by atoms with Crippen molar-refractivity contribution in [2.75, 3.05) is 16.0 Å². The van der Waals surface area contributed by atoms with Gasteiger partial charge in [-0.25, -0.2) is 9.78 Å². The van der Waals surface area contributed by atoms with Crippen molar-refractivity contribution < 1.29 is 9.59 Å². The van der Waals surface area contributed by atoms with Crippen molar-refractivity contribution >= 4 is 39.9 Å². The molecule has 0 saturated carbocycles. The maximum Gasteiger partial charge on any atom is 0.323 e. The number of pyridine rings is 1. The smallest absolute Gasteiger partial charge is 0.321 e. The average molecular weight is 382 g/mol. The fourth-order valence-electron chi connectivity index (χ4n) is 2.88. The van der Waals surface area contributed by atoms with Crippen molar-refractivity contribution in [3.8, 4) is 0 Å². The van der Waals surface area contributed by atoms with Crippen molar-refractivity contribution in [2.24, 2.45) is 0 Å². The molecule has 0 bridgehead atoms. The summed E-state index contributed by atoms with van der Waals surface area (Å²) in [5.41, 5.74) is 2.89. The van der Waals surface area contributed by atoms with Gasteiger partial charge >= 0.3 is 6.03 Å². The molecule has 0 saturated heterocycles. The van der Waals surface area contributed by atoms with Crippen LogP contribution in [0.1, 0.15) is 10.5 Å². The maximum absolute atomic E-state index is 12.6. The number of carbonyl (C=O) groups is 2. The van der Waals surface area contributed by atoms with E-state index in [1.165, 1.54) is 0 Å². The van der Waals surface area contributed by atoms with Crippen LogP contribution in [0.15, 0.2) is 91.0 Å². The van der Waals surface area contributed by atoms with Crippen molar-refractivity contribution in [3.63, 3.8) is 0 Å². The number of nitrogens with one attached hydrogen (secondary N) is 3. The molecule has 6 nitrogen and oxygen atoms in total. The zero-order chi connectivity index (χ0) is 20.1. The Balaban J connectivity index is 1.43. The number of fused-ring (bicyclic) bond motifs is 1. The molecule has 0 aliphatic rings. The summed E-state index contributed by atoms with van der Waals surface area (Å²) in [5, 5.41) is 9.28. The number of urea groups is 1. The number of aromatic nitrogens is 1. The van der Waals surface area contributed by atoms with Crippen LogP contribution in [0.3, 0.4) is 0 Å². The molecule has 0 unspecified atom stereocenters. The number of hydrogen-bond acceptors (Lipinski definition) is 3. The minimum atomic E-state index is -0.365. The molecule has 1 heterocycles. The lowest BCUT2D eigenvalue weighted by atomic mass is 10.2. The zero-order valence-corrected chi connectivity index (χ0v) is 15.4. The number of hydrogen-bond donors (Lipinski definition) is 3. The molecule has 4 aromatic rings. The Morgan fingerprint density at radius 2 is 1.28 bits per heavy atom. The Morgan fingerprint density at radius 1 is 0.621 bits per heavy atom. The van der Waals surface area contributed by atoms with Crippen molar-refractivity contribution in [2.45, 2.75) is 0 Å². The van der Waals surface area contributed by atoms with Gasteiger partial charge in [-0.15, -0.1) is 0 Å². The topological polar surface area (TPSA) is 83.1 Å². The van der Waals surface area contributed by atoms with E-state index in [1.807, 2.05) is 48.5 Å². The fourth-order valence-corrected chi connectivity index (χ4v) is 2.88. The molecule has 29 heavy (non-hydrogen) atoms. The van der Waals surface area contributed by atoms with Gasteiger partial charge in [0.15, 0.2) is 0 Å². The molecule has 3 N–H and O–H groups in total. The zero-order valence-electron chi connectivity index (χ0n) is 15.4. The number of benzene rings is 3. The predicted molar refractivity (Wildman–Crippen MR) is 115 cm³/mol. The summed E-state index contributed by atoms with van der Waals surface area (Å²) in [7, 11) is 0. The molecule has 3 amide bonds. The first kappa shape index (κ1) is 18.2. The molecule has 0 fully saturated rings. The summed E-state index contributed by atoms with van der Waals surface area (Å²) in [6.45, 7) is 0. The van der Waals surface area contributed by atoms with Crippen LogP contribution >= 0.6 is 0 Å². The molecule has 0 aliphatic carbocycles. The quantitative estimate of drug-likeness (QED) is 0.457. The highest BCUT2D eigenvalue weighted by atomic mass is 16.2. The van der Waals surface area contributed by atoms with E-state index in [0.717, 1.165) is 10.9 Å². The van der Waals surface area contributed by atoms with Gasteiger partial charge in [0.2, 0.25) is 0 Å². The molecule has 6 heteroatoms. The number of amides is 3. The van der Waals surface area contributed by atoms with Crippen LogP contribution in [0.2, 0.25) is 0 Å². The first-order chi connectivity index (χ1) is 14.2. The van der Waals surface area contributed by atoms with Crippen LogP contribution in [0.5, 0.6) is 0 Å². The molecule has 3 aromatic carbocycles. The third-order valence-electron chi connectivity index (χ3n) is 4.24. The Bertz CT molecular complexity index is 1180. The van der Waals surface area contributed by atoms with E-state index in [-0.39, 0.29) is 11.9 Å². The second kappa shape index (κ2) is 8.22.